The Morgan fingerprint density at radius 3 is 2.74 bits per heavy atom. The molecule has 3 aromatic heterocycles. The van der Waals surface area contributed by atoms with E-state index in [0.29, 0.717) is 5.82 Å². The van der Waals surface area contributed by atoms with Gasteiger partial charge in [0.15, 0.2) is 5.82 Å². The molecule has 7 heteroatoms. The van der Waals surface area contributed by atoms with Crippen LogP contribution in [0.2, 0.25) is 0 Å². The lowest BCUT2D eigenvalue weighted by molar-refractivity contribution is 0.414. The minimum atomic E-state index is 0.624. The van der Waals surface area contributed by atoms with Crippen molar-refractivity contribution < 1.29 is 4.74 Å². The molecule has 158 valence electrons. The van der Waals surface area contributed by atoms with E-state index in [2.05, 4.69) is 33.5 Å². The third-order valence-corrected chi connectivity index (χ3v) is 4.97. The predicted molar refractivity (Wildman–Crippen MR) is 123 cm³/mol. The first kappa shape index (κ1) is 20.5. The number of aromatic amines is 1. The first-order valence-corrected chi connectivity index (χ1v) is 10.4. The molecule has 0 aliphatic heterocycles. The van der Waals surface area contributed by atoms with Gasteiger partial charge in [0.25, 0.3) is 0 Å². The lowest BCUT2D eigenvalue weighted by Gasteiger charge is -2.11. The summed E-state index contributed by atoms with van der Waals surface area (Å²) in [4.78, 5) is 13.8. The number of hydrogen-bond acceptors (Lipinski definition) is 6. The summed E-state index contributed by atoms with van der Waals surface area (Å²) in [6.45, 7) is 5.07. The molecular weight excluding hydrogens is 388 g/mol. The van der Waals surface area contributed by atoms with Gasteiger partial charge in [-0.25, -0.2) is 9.97 Å². The first-order valence-electron chi connectivity index (χ1n) is 10.4. The van der Waals surface area contributed by atoms with Crippen LogP contribution in [-0.2, 0) is 0 Å². The van der Waals surface area contributed by atoms with Gasteiger partial charge in [-0.3, -0.25) is 10.1 Å². The summed E-state index contributed by atoms with van der Waals surface area (Å²) < 4.78 is 5.45. The van der Waals surface area contributed by atoms with Gasteiger partial charge in [-0.15, -0.1) is 0 Å². The summed E-state index contributed by atoms with van der Waals surface area (Å²) in [5, 5.41) is 10.9. The molecule has 0 radical (unpaired) electrons. The number of unbranched alkanes of at least 4 members (excludes halogenated alkanes) is 1. The van der Waals surface area contributed by atoms with E-state index in [-0.39, 0.29) is 0 Å². The maximum absolute atomic E-state index is 5.45. The van der Waals surface area contributed by atoms with Gasteiger partial charge in [-0.05, 0) is 49.2 Å². The Labute approximate surface area is 182 Å². The minimum Gasteiger partial charge on any atom is -0.497 e. The first-order chi connectivity index (χ1) is 15.2. The minimum absolute atomic E-state index is 0.624. The molecule has 0 saturated heterocycles. The standard InChI is InChI=1S/C24H26N6O/c1-4-5-9-26-22-13-21(28-24(29-22)17-7-6-8-25-14-17)20-15-27-30-23(20)18-10-16(2)11-19(12-18)31-3/h6-8,10-15H,4-5,9H2,1-3H3,(H,27,30)(H,26,28,29). The number of nitrogens with zero attached hydrogens (tertiary/aromatic N) is 4. The smallest absolute Gasteiger partial charge is 0.163 e. The number of nitrogens with one attached hydrogen (secondary N) is 2. The van der Waals surface area contributed by atoms with Crippen LogP contribution in [0.5, 0.6) is 5.75 Å². The molecule has 1 aromatic carbocycles. The molecule has 3 heterocycles. The van der Waals surface area contributed by atoms with Gasteiger partial charge >= 0.3 is 0 Å². The molecular formula is C24H26N6O. The Morgan fingerprint density at radius 1 is 1.06 bits per heavy atom. The monoisotopic (exact) mass is 414 g/mol. The molecule has 2 N–H and O–H groups in total. The van der Waals surface area contributed by atoms with Crippen molar-refractivity contribution in [2.24, 2.45) is 0 Å². The highest BCUT2D eigenvalue weighted by Gasteiger charge is 2.16. The Bertz CT molecular complexity index is 1160. The molecule has 0 atom stereocenters. The van der Waals surface area contributed by atoms with Crippen LogP contribution in [0.1, 0.15) is 25.3 Å². The van der Waals surface area contributed by atoms with E-state index in [1.807, 2.05) is 37.3 Å². The Morgan fingerprint density at radius 2 is 1.97 bits per heavy atom. The van der Waals surface area contributed by atoms with Crippen LogP contribution in [0.4, 0.5) is 5.82 Å². The van der Waals surface area contributed by atoms with E-state index in [1.54, 1.807) is 25.7 Å². The van der Waals surface area contributed by atoms with Crippen molar-refractivity contribution in [1.29, 1.82) is 0 Å². The van der Waals surface area contributed by atoms with E-state index in [0.717, 1.165) is 64.6 Å². The number of methoxy groups -OCH3 is 1. The highest BCUT2D eigenvalue weighted by Crippen LogP contribution is 2.33. The number of H-pyrrole nitrogens is 1. The fraction of sp³-hybridized carbons (Fsp3) is 0.250. The Kier molecular flexibility index (Phi) is 6.21. The third kappa shape index (κ3) is 4.71. The van der Waals surface area contributed by atoms with Crippen molar-refractivity contribution in [3.63, 3.8) is 0 Å². The molecule has 0 bridgehead atoms. The van der Waals surface area contributed by atoms with Crippen LogP contribution in [-0.4, -0.2) is 38.8 Å². The largest absolute Gasteiger partial charge is 0.497 e. The molecule has 0 fully saturated rings. The van der Waals surface area contributed by atoms with Crippen LogP contribution in [0.15, 0.2) is 55.0 Å². The van der Waals surface area contributed by atoms with Gasteiger partial charge in [-0.2, -0.15) is 5.10 Å². The fourth-order valence-corrected chi connectivity index (χ4v) is 3.40. The zero-order valence-electron chi connectivity index (χ0n) is 18.0. The van der Waals surface area contributed by atoms with Crippen LogP contribution < -0.4 is 10.1 Å². The van der Waals surface area contributed by atoms with Gasteiger partial charge in [-0.1, -0.05) is 13.3 Å². The number of ether oxygens (including phenoxy) is 1. The average molecular weight is 415 g/mol. The van der Waals surface area contributed by atoms with Crippen molar-refractivity contribution in [2.75, 3.05) is 19.0 Å². The van der Waals surface area contributed by atoms with E-state index in [4.69, 9.17) is 14.7 Å². The average Bonchev–Trinajstić information content (AvgIpc) is 3.29. The van der Waals surface area contributed by atoms with Gasteiger partial charge in [0.2, 0.25) is 0 Å². The fourth-order valence-electron chi connectivity index (χ4n) is 3.40. The second kappa shape index (κ2) is 9.38. The van der Waals surface area contributed by atoms with Crippen molar-refractivity contribution >= 4 is 5.82 Å². The topological polar surface area (TPSA) is 88.6 Å². The van der Waals surface area contributed by atoms with Crippen LogP contribution in [0, 0.1) is 6.92 Å². The lowest BCUT2D eigenvalue weighted by atomic mass is 10.0. The van der Waals surface area contributed by atoms with Crippen molar-refractivity contribution in [3.05, 3.63) is 60.6 Å². The molecule has 7 nitrogen and oxygen atoms in total. The normalized spacial score (nSPS) is 10.8. The summed E-state index contributed by atoms with van der Waals surface area (Å²) in [7, 11) is 1.67. The van der Waals surface area contributed by atoms with E-state index in [9.17, 15) is 0 Å². The maximum Gasteiger partial charge on any atom is 0.163 e. The highest BCUT2D eigenvalue weighted by molar-refractivity contribution is 5.81. The van der Waals surface area contributed by atoms with Crippen molar-refractivity contribution in [2.45, 2.75) is 26.7 Å². The van der Waals surface area contributed by atoms with Gasteiger partial charge in [0.05, 0.1) is 24.7 Å². The number of rotatable bonds is 8. The molecule has 0 amide bonds. The van der Waals surface area contributed by atoms with Crippen molar-refractivity contribution in [1.82, 2.24) is 25.1 Å². The van der Waals surface area contributed by atoms with Gasteiger partial charge in [0.1, 0.15) is 11.6 Å². The summed E-state index contributed by atoms with van der Waals surface area (Å²) in [6.07, 6.45) is 7.50. The van der Waals surface area contributed by atoms with E-state index >= 15 is 0 Å². The molecule has 0 unspecified atom stereocenters. The molecule has 31 heavy (non-hydrogen) atoms. The summed E-state index contributed by atoms with van der Waals surface area (Å²) in [5.74, 6) is 2.21. The van der Waals surface area contributed by atoms with Gasteiger partial charge < -0.3 is 10.1 Å². The highest BCUT2D eigenvalue weighted by atomic mass is 16.5. The number of anilines is 1. The molecule has 0 aliphatic carbocycles. The molecule has 4 aromatic rings. The number of aryl methyl sites for hydroxylation is 1. The van der Waals surface area contributed by atoms with Crippen LogP contribution in [0.25, 0.3) is 33.9 Å². The van der Waals surface area contributed by atoms with Crippen LogP contribution >= 0.6 is 0 Å². The quantitative estimate of drug-likeness (QED) is 0.389. The van der Waals surface area contributed by atoms with Gasteiger partial charge in [0, 0.05) is 41.7 Å². The molecule has 4 rings (SSSR count). The van der Waals surface area contributed by atoms with Crippen LogP contribution in [0.3, 0.4) is 0 Å². The number of benzene rings is 1. The van der Waals surface area contributed by atoms with E-state index < -0.39 is 0 Å². The number of hydrogen-bond donors (Lipinski definition) is 2. The summed E-state index contributed by atoms with van der Waals surface area (Å²) >= 11 is 0. The summed E-state index contributed by atoms with van der Waals surface area (Å²) in [5.41, 5.74) is 5.54. The van der Waals surface area contributed by atoms with Crippen molar-refractivity contribution in [3.8, 4) is 39.7 Å². The molecule has 0 spiro atoms. The lowest BCUT2D eigenvalue weighted by Crippen LogP contribution is -2.05. The summed E-state index contributed by atoms with van der Waals surface area (Å²) in [6, 6.07) is 11.9. The third-order valence-electron chi connectivity index (χ3n) is 4.97. The van der Waals surface area contributed by atoms with E-state index in [1.165, 1.54) is 0 Å². The molecule has 0 saturated carbocycles. The Balaban J connectivity index is 1.80. The predicted octanol–water partition coefficient (Wildman–Crippen LogP) is 5.12. The second-order valence-electron chi connectivity index (χ2n) is 7.38. The number of aromatic nitrogens is 5. The Hall–Kier alpha value is -3.74. The zero-order chi connectivity index (χ0) is 21.6. The second-order valence-corrected chi connectivity index (χ2v) is 7.38. The number of pyridine rings is 1. The SMILES string of the molecule is CCCCNc1cc(-c2cn[nH]c2-c2cc(C)cc(OC)c2)nc(-c2cccnc2)n1. The maximum atomic E-state index is 5.45. The molecule has 0 aliphatic rings. The zero-order valence-corrected chi connectivity index (χ0v) is 18.0.